The second-order valence-electron chi connectivity index (χ2n) is 1.54. The lowest BCUT2D eigenvalue weighted by Crippen LogP contribution is -2.35. The van der Waals surface area contributed by atoms with Crippen molar-refractivity contribution in [1.29, 1.82) is 0 Å². The van der Waals surface area contributed by atoms with Crippen LogP contribution < -0.4 is 5.73 Å². The number of hydrogen-bond donors (Lipinski definition) is 2. The van der Waals surface area contributed by atoms with Crippen LogP contribution in [0.15, 0.2) is 0 Å². The molecule has 4 nitrogen and oxygen atoms in total. The van der Waals surface area contributed by atoms with E-state index >= 15 is 0 Å². The topological polar surface area (TPSA) is 72.5 Å². The molecule has 1 unspecified atom stereocenters. The van der Waals surface area contributed by atoms with Crippen LogP contribution in [0.2, 0.25) is 0 Å². The minimum Gasteiger partial charge on any atom is -0.465 e. The Bertz CT molecular complexity index is 102. The molecule has 0 aromatic carbocycles. The number of carbonyl (C=O) groups excluding carboxylic acids is 1. The van der Waals surface area contributed by atoms with Crippen molar-refractivity contribution < 1.29 is 14.6 Å². The summed E-state index contributed by atoms with van der Waals surface area (Å²) < 4.78 is 4.47. The third-order valence-corrected chi connectivity index (χ3v) is 0.786. The molecule has 0 heterocycles. The first-order chi connectivity index (χ1) is 4.22. The Kier molecular flexibility index (Phi) is 15.6. The molecule has 1 atom stereocenters. The number of halogens is 2. The van der Waals surface area contributed by atoms with Gasteiger partial charge in [-0.25, -0.2) is 0 Å². The molecular formula is C5H13Cl2NO3. The van der Waals surface area contributed by atoms with Gasteiger partial charge in [0.15, 0.2) is 0 Å². The molecule has 70 valence electrons. The molecule has 0 saturated carbocycles. The standard InChI is InChI=1S/C5H11NO3.2ClH/c1-2-9-5(8)4(6)3-7;;/h4,7H,2-3,6H2,1H3;2*1H. The minimum atomic E-state index is -0.884. The number of esters is 1. The molecule has 0 aliphatic carbocycles. The van der Waals surface area contributed by atoms with E-state index in [1.807, 2.05) is 0 Å². The maximum Gasteiger partial charge on any atom is 0.325 e. The van der Waals surface area contributed by atoms with E-state index in [2.05, 4.69) is 4.74 Å². The SMILES string of the molecule is CCOC(=O)C(N)CO.Cl.Cl. The smallest absolute Gasteiger partial charge is 0.325 e. The van der Waals surface area contributed by atoms with Gasteiger partial charge in [0.05, 0.1) is 13.2 Å². The first-order valence-electron chi connectivity index (χ1n) is 2.75. The Morgan fingerprint density at radius 1 is 1.64 bits per heavy atom. The third kappa shape index (κ3) is 7.87. The van der Waals surface area contributed by atoms with Gasteiger partial charge in [-0.15, -0.1) is 24.8 Å². The summed E-state index contributed by atoms with van der Waals surface area (Å²) in [6.45, 7) is 1.62. The summed E-state index contributed by atoms with van der Waals surface area (Å²) >= 11 is 0. The summed E-state index contributed by atoms with van der Waals surface area (Å²) in [4.78, 5) is 10.5. The van der Waals surface area contributed by atoms with Crippen molar-refractivity contribution in [1.82, 2.24) is 0 Å². The summed E-state index contributed by atoms with van der Waals surface area (Å²) in [5.41, 5.74) is 5.08. The van der Waals surface area contributed by atoms with Crippen molar-refractivity contribution in [3.63, 3.8) is 0 Å². The van der Waals surface area contributed by atoms with Crippen LogP contribution in [-0.2, 0) is 9.53 Å². The van der Waals surface area contributed by atoms with Gasteiger partial charge < -0.3 is 15.6 Å². The monoisotopic (exact) mass is 205 g/mol. The van der Waals surface area contributed by atoms with E-state index in [9.17, 15) is 4.79 Å². The van der Waals surface area contributed by atoms with Crippen LogP contribution >= 0.6 is 24.8 Å². The fraction of sp³-hybridized carbons (Fsp3) is 0.800. The third-order valence-electron chi connectivity index (χ3n) is 0.786. The largest absolute Gasteiger partial charge is 0.465 e. The second kappa shape index (κ2) is 9.97. The molecule has 0 aliphatic rings. The molecule has 0 rings (SSSR count). The van der Waals surface area contributed by atoms with E-state index in [1.54, 1.807) is 6.92 Å². The lowest BCUT2D eigenvalue weighted by Gasteiger charge is -2.05. The van der Waals surface area contributed by atoms with Gasteiger partial charge in [0, 0.05) is 0 Å². The summed E-state index contributed by atoms with van der Waals surface area (Å²) in [5.74, 6) is -0.556. The number of hydrogen-bond acceptors (Lipinski definition) is 4. The minimum absolute atomic E-state index is 0. The first-order valence-corrected chi connectivity index (χ1v) is 2.75. The van der Waals surface area contributed by atoms with E-state index in [1.165, 1.54) is 0 Å². The van der Waals surface area contributed by atoms with Gasteiger partial charge in [-0.3, -0.25) is 4.79 Å². The average Bonchev–Trinajstić information content (AvgIpc) is 1.87. The maximum absolute atomic E-state index is 10.5. The van der Waals surface area contributed by atoms with E-state index in [4.69, 9.17) is 10.8 Å². The quantitative estimate of drug-likeness (QED) is 0.622. The summed E-state index contributed by atoms with van der Waals surface area (Å²) in [5, 5.41) is 8.31. The second-order valence-corrected chi connectivity index (χ2v) is 1.54. The Labute approximate surface area is 77.9 Å². The summed E-state index contributed by atoms with van der Waals surface area (Å²) in [6.07, 6.45) is 0. The molecule has 0 radical (unpaired) electrons. The molecule has 0 aliphatic heterocycles. The lowest BCUT2D eigenvalue weighted by molar-refractivity contribution is -0.145. The zero-order valence-corrected chi connectivity index (χ0v) is 7.78. The van der Waals surface area contributed by atoms with E-state index < -0.39 is 12.0 Å². The van der Waals surface area contributed by atoms with E-state index in [0.29, 0.717) is 6.61 Å². The number of carbonyl (C=O) groups is 1. The highest BCUT2D eigenvalue weighted by Gasteiger charge is 2.11. The zero-order valence-electron chi connectivity index (χ0n) is 6.15. The molecule has 0 bridgehead atoms. The van der Waals surface area contributed by atoms with Crippen molar-refractivity contribution in [3.05, 3.63) is 0 Å². The highest BCUT2D eigenvalue weighted by molar-refractivity contribution is 5.85. The van der Waals surface area contributed by atoms with Gasteiger partial charge in [0.2, 0.25) is 0 Å². The Morgan fingerprint density at radius 3 is 2.36 bits per heavy atom. The van der Waals surface area contributed by atoms with Crippen LogP contribution in [0.1, 0.15) is 6.92 Å². The Balaban J connectivity index is -0.000000320. The molecule has 6 heteroatoms. The van der Waals surface area contributed by atoms with Gasteiger partial charge >= 0.3 is 5.97 Å². The van der Waals surface area contributed by atoms with Gasteiger partial charge in [0.25, 0.3) is 0 Å². The van der Waals surface area contributed by atoms with Crippen molar-refractivity contribution in [2.24, 2.45) is 5.73 Å². The summed E-state index contributed by atoms with van der Waals surface area (Å²) in [6, 6.07) is -0.884. The van der Waals surface area contributed by atoms with Crippen molar-refractivity contribution >= 4 is 30.8 Å². The Hall–Kier alpha value is -0.0300. The Morgan fingerprint density at radius 2 is 2.09 bits per heavy atom. The first kappa shape index (κ1) is 17.2. The molecule has 0 amide bonds. The van der Waals surface area contributed by atoms with E-state index in [-0.39, 0.29) is 31.4 Å². The van der Waals surface area contributed by atoms with Crippen molar-refractivity contribution in [3.8, 4) is 0 Å². The maximum atomic E-state index is 10.5. The molecule has 0 spiro atoms. The van der Waals surface area contributed by atoms with Crippen molar-refractivity contribution in [2.45, 2.75) is 13.0 Å². The fourth-order valence-corrected chi connectivity index (χ4v) is 0.324. The van der Waals surface area contributed by atoms with Gasteiger partial charge in [-0.05, 0) is 6.92 Å². The predicted octanol–water partition coefficient (Wildman–Crippen LogP) is -0.287. The molecular weight excluding hydrogens is 193 g/mol. The van der Waals surface area contributed by atoms with Gasteiger partial charge in [-0.2, -0.15) is 0 Å². The number of aliphatic hydroxyl groups is 1. The predicted molar refractivity (Wildman–Crippen MR) is 46.2 cm³/mol. The number of aliphatic hydroxyl groups excluding tert-OH is 1. The average molecular weight is 206 g/mol. The van der Waals surface area contributed by atoms with Crippen LogP contribution in [0, 0.1) is 0 Å². The fourth-order valence-electron chi connectivity index (χ4n) is 0.324. The normalized spacial score (nSPS) is 10.5. The molecule has 11 heavy (non-hydrogen) atoms. The molecule has 0 fully saturated rings. The number of rotatable bonds is 3. The van der Waals surface area contributed by atoms with Crippen LogP contribution in [0.4, 0.5) is 0 Å². The number of nitrogens with two attached hydrogens (primary N) is 1. The van der Waals surface area contributed by atoms with Crippen LogP contribution in [0.3, 0.4) is 0 Å². The molecule has 3 N–H and O–H groups in total. The lowest BCUT2D eigenvalue weighted by atomic mass is 10.3. The van der Waals surface area contributed by atoms with Crippen LogP contribution in [0.25, 0.3) is 0 Å². The van der Waals surface area contributed by atoms with Gasteiger partial charge in [0.1, 0.15) is 6.04 Å². The number of ether oxygens (including phenoxy) is 1. The molecule has 0 aromatic heterocycles. The molecule has 0 saturated heterocycles. The zero-order chi connectivity index (χ0) is 7.28. The van der Waals surface area contributed by atoms with Crippen molar-refractivity contribution in [2.75, 3.05) is 13.2 Å². The van der Waals surface area contributed by atoms with E-state index in [0.717, 1.165) is 0 Å². The molecule has 0 aromatic rings. The highest BCUT2D eigenvalue weighted by Crippen LogP contribution is 1.82. The van der Waals surface area contributed by atoms with Crippen LogP contribution in [-0.4, -0.2) is 30.3 Å². The van der Waals surface area contributed by atoms with Crippen LogP contribution in [0.5, 0.6) is 0 Å². The highest BCUT2D eigenvalue weighted by atomic mass is 35.5. The summed E-state index contributed by atoms with van der Waals surface area (Å²) in [7, 11) is 0. The van der Waals surface area contributed by atoms with Gasteiger partial charge in [-0.1, -0.05) is 0 Å².